The lowest BCUT2D eigenvalue weighted by Gasteiger charge is -1.98. The van der Waals surface area contributed by atoms with E-state index in [9.17, 15) is 0 Å². The molecule has 0 rings (SSSR count). The van der Waals surface area contributed by atoms with Gasteiger partial charge in [0.15, 0.2) is 0 Å². The van der Waals surface area contributed by atoms with Crippen molar-refractivity contribution in [3.8, 4) is 0 Å². The molecule has 3 heteroatoms. The number of hydrogen-bond donors (Lipinski definition) is 3. The lowest BCUT2D eigenvalue weighted by molar-refractivity contribution is 0.559. The highest BCUT2D eigenvalue weighted by molar-refractivity contribution is 4.81. The summed E-state index contributed by atoms with van der Waals surface area (Å²) in [6.07, 6.45) is 13.6. The Morgan fingerprint density at radius 2 is 1.71 bits per heavy atom. The summed E-state index contributed by atoms with van der Waals surface area (Å²) in [4.78, 5) is 0. The van der Waals surface area contributed by atoms with Crippen molar-refractivity contribution in [2.75, 3.05) is 6.54 Å². The Morgan fingerprint density at radius 3 is 2.43 bits per heavy atom. The Labute approximate surface area is 88.1 Å². The third-order valence-corrected chi connectivity index (χ3v) is 2.18. The third-order valence-electron chi connectivity index (χ3n) is 2.18. The van der Waals surface area contributed by atoms with E-state index in [0.29, 0.717) is 0 Å². The second kappa shape index (κ2) is 12.6. The number of rotatable bonds is 10. The van der Waals surface area contributed by atoms with Crippen LogP contribution < -0.4 is 16.8 Å². The number of nitrogens with one attached hydrogen (secondary N) is 2. The third kappa shape index (κ3) is 11.6. The van der Waals surface area contributed by atoms with Gasteiger partial charge < -0.3 is 0 Å². The van der Waals surface area contributed by atoms with E-state index in [2.05, 4.69) is 30.0 Å². The molecule has 0 aliphatic heterocycles. The molecule has 0 saturated heterocycles. The first kappa shape index (κ1) is 13.6. The first-order valence-electron chi connectivity index (χ1n) is 5.75. The highest BCUT2D eigenvalue weighted by atomic mass is 15.5. The predicted octanol–water partition coefficient (Wildman–Crippen LogP) is 2.26. The Morgan fingerprint density at radius 1 is 1.00 bits per heavy atom. The van der Waals surface area contributed by atoms with Crippen LogP contribution in [0.15, 0.2) is 12.2 Å². The molecule has 0 aromatic rings. The smallest absolute Gasteiger partial charge is 0.0147 e. The first-order valence-corrected chi connectivity index (χ1v) is 5.75. The second-order valence-electron chi connectivity index (χ2n) is 3.53. The van der Waals surface area contributed by atoms with E-state index >= 15 is 0 Å². The Kier molecular flexibility index (Phi) is 12.3. The molecule has 0 saturated carbocycles. The zero-order chi connectivity index (χ0) is 10.5. The fourth-order valence-electron chi connectivity index (χ4n) is 1.33. The summed E-state index contributed by atoms with van der Waals surface area (Å²) < 4.78 is 0. The summed E-state index contributed by atoms with van der Waals surface area (Å²) >= 11 is 0. The van der Waals surface area contributed by atoms with E-state index in [-0.39, 0.29) is 0 Å². The van der Waals surface area contributed by atoms with Crippen molar-refractivity contribution in [3.05, 3.63) is 12.2 Å². The lowest BCUT2D eigenvalue weighted by atomic mass is 10.1. The Balaban J connectivity index is 2.96. The van der Waals surface area contributed by atoms with E-state index in [0.717, 1.165) is 13.0 Å². The number of hydrazine groups is 2. The van der Waals surface area contributed by atoms with Crippen LogP contribution in [0.25, 0.3) is 0 Å². The first-order chi connectivity index (χ1) is 6.91. The van der Waals surface area contributed by atoms with E-state index in [4.69, 9.17) is 5.84 Å². The highest BCUT2D eigenvalue weighted by Gasteiger charge is 1.86. The average molecular weight is 199 g/mol. The normalized spacial score (nSPS) is 11.3. The van der Waals surface area contributed by atoms with Gasteiger partial charge in [-0.15, -0.1) is 0 Å². The lowest BCUT2D eigenvalue weighted by Crippen LogP contribution is -2.38. The molecule has 0 spiro atoms. The maximum Gasteiger partial charge on any atom is 0.0147 e. The second-order valence-corrected chi connectivity index (χ2v) is 3.53. The summed E-state index contributed by atoms with van der Waals surface area (Å²) in [7, 11) is 0. The van der Waals surface area contributed by atoms with Gasteiger partial charge in [-0.2, -0.15) is 5.53 Å². The van der Waals surface area contributed by atoms with Gasteiger partial charge in [0.25, 0.3) is 0 Å². The molecular formula is C11H25N3. The molecule has 0 heterocycles. The highest BCUT2D eigenvalue weighted by Crippen LogP contribution is 2.05. The molecule has 3 nitrogen and oxygen atoms in total. The minimum Gasteiger partial charge on any atom is -0.258 e. The van der Waals surface area contributed by atoms with Crippen LogP contribution in [0.1, 0.15) is 51.9 Å². The average Bonchev–Trinajstić information content (AvgIpc) is 2.21. The van der Waals surface area contributed by atoms with Gasteiger partial charge in [-0.3, -0.25) is 5.84 Å². The minimum absolute atomic E-state index is 0.892. The van der Waals surface area contributed by atoms with Crippen molar-refractivity contribution in [1.82, 2.24) is 11.0 Å². The number of nitrogens with two attached hydrogens (primary N) is 1. The monoisotopic (exact) mass is 199 g/mol. The topological polar surface area (TPSA) is 50.1 Å². The summed E-state index contributed by atoms with van der Waals surface area (Å²) in [6.45, 7) is 3.14. The molecule has 0 unspecified atom stereocenters. The molecule has 0 aliphatic carbocycles. The van der Waals surface area contributed by atoms with Crippen LogP contribution in [0.4, 0.5) is 0 Å². The largest absolute Gasteiger partial charge is 0.258 e. The van der Waals surface area contributed by atoms with Gasteiger partial charge >= 0.3 is 0 Å². The van der Waals surface area contributed by atoms with Gasteiger partial charge in [0.1, 0.15) is 0 Å². The van der Waals surface area contributed by atoms with Crippen LogP contribution in [0.2, 0.25) is 0 Å². The molecule has 0 aromatic heterocycles. The van der Waals surface area contributed by atoms with Crippen molar-refractivity contribution < 1.29 is 0 Å². The molecule has 0 atom stereocenters. The van der Waals surface area contributed by atoms with Crippen LogP contribution in [-0.2, 0) is 0 Å². The van der Waals surface area contributed by atoms with Crippen molar-refractivity contribution in [1.29, 1.82) is 0 Å². The van der Waals surface area contributed by atoms with Crippen LogP contribution in [0, 0.1) is 0 Å². The van der Waals surface area contributed by atoms with E-state index in [1.54, 1.807) is 0 Å². The van der Waals surface area contributed by atoms with Crippen LogP contribution >= 0.6 is 0 Å². The maximum absolute atomic E-state index is 5.05. The number of allylic oxidation sites excluding steroid dienone is 1. The quantitative estimate of drug-likeness (QED) is 0.219. The summed E-state index contributed by atoms with van der Waals surface area (Å²) in [5.74, 6) is 5.05. The van der Waals surface area contributed by atoms with Gasteiger partial charge in [-0.1, -0.05) is 44.8 Å². The molecular weight excluding hydrogens is 174 g/mol. The fourth-order valence-corrected chi connectivity index (χ4v) is 1.33. The van der Waals surface area contributed by atoms with Crippen molar-refractivity contribution in [3.63, 3.8) is 0 Å². The van der Waals surface area contributed by atoms with E-state index in [1.165, 1.54) is 38.5 Å². The Bertz CT molecular complexity index is 124. The standard InChI is InChI=1S/C11H25N3/c1-2-3-4-5-6-7-8-9-10-11-13-14-12/h8-9,13-14H,2-7,10-12H2,1H3. The number of hydrogen-bond acceptors (Lipinski definition) is 3. The number of unbranched alkanes of at least 4 members (excludes halogenated alkanes) is 5. The molecule has 0 fully saturated rings. The Hall–Kier alpha value is -0.380. The molecule has 0 aromatic carbocycles. The summed E-state index contributed by atoms with van der Waals surface area (Å²) in [5, 5.41) is 0. The van der Waals surface area contributed by atoms with E-state index in [1.807, 2.05) is 0 Å². The predicted molar refractivity (Wildman–Crippen MR) is 62.5 cm³/mol. The van der Waals surface area contributed by atoms with Gasteiger partial charge in [-0.25, -0.2) is 5.43 Å². The van der Waals surface area contributed by atoms with Gasteiger partial charge in [0, 0.05) is 6.54 Å². The zero-order valence-corrected chi connectivity index (χ0v) is 9.39. The van der Waals surface area contributed by atoms with Gasteiger partial charge in [0.2, 0.25) is 0 Å². The van der Waals surface area contributed by atoms with Gasteiger partial charge in [-0.05, 0) is 19.3 Å². The molecule has 0 amide bonds. The summed E-state index contributed by atoms with van der Waals surface area (Å²) in [6, 6.07) is 0. The van der Waals surface area contributed by atoms with E-state index < -0.39 is 0 Å². The minimum atomic E-state index is 0.892. The zero-order valence-electron chi connectivity index (χ0n) is 9.39. The molecule has 4 N–H and O–H groups in total. The molecule has 14 heavy (non-hydrogen) atoms. The molecule has 0 bridgehead atoms. The van der Waals surface area contributed by atoms with Crippen LogP contribution in [0.3, 0.4) is 0 Å². The van der Waals surface area contributed by atoms with Crippen LogP contribution in [0.5, 0.6) is 0 Å². The fraction of sp³-hybridized carbons (Fsp3) is 0.818. The molecule has 0 radical (unpaired) electrons. The molecule has 84 valence electrons. The van der Waals surface area contributed by atoms with Crippen molar-refractivity contribution in [2.24, 2.45) is 5.84 Å². The van der Waals surface area contributed by atoms with Crippen molar-refractivity contribution >= 4 is 0 Å². The SMILES string of the molecule is CCCCCCCC=CCCNNN. The van der Waals surface area contributed by atoms with Crippen LogP contribution in [-0.4, -0.2) is 6.54 Å². The van der Waals surface area contributed by atoms with Gasteiger partial charge in [0.05, 0.1) is 0 Å². The molecule has 0 aliphatic rings. The van der Waals surface area contributed by atoms with Crippen molar-refractivity contribution in [2.45, 2.75) is 51.9 Å². The summed E-state index contributed by atoms with van der Waals surface area (Å²) in [5.41, 5.74) is 5.25. The maximum atomic E-state index is 5.05.